The third-order valence-electron chi connectivity index (χ3n) is 7.67. The summed E-state index contributed by atoms with van der Waals surface area (Å²) in [6, 6.07) is -0.0652. The van der Waals surface area contributed by atoms with E-state index in [1.807, 2.05) is 30.7 Å². The van der Waals surface area contributed by atoms with Crippen LogP contribution in [0.15, 0.2) is 16.9 Å². The van der Waals surface area contributed by atoms with Gasteiger partial charge in [-0.15, -0.1) is 10.2 Å². The van der Waals surface area contributed by atoms with E-state index in [0.717, 1.165) is 51.7 Å². The van der Waals surface area contributed by atoms with Gasteiger partial charge in [-0.3, -0.25) is 14.5 Å². The molecule has 0 saturated carbocycles. The summed E-state index contributed by atoms with van der Waals surface area (Å²) in [5, 5.41) is 8.63. The van der Waals surface area contributed by atoms with Crippen molar-refractivity contribution in [3.8, 4) is 0 Å². The lowest BCUT2D eigenvalue weighted by Crippen LogP contribution is -2.45. The van der Waals surface area contributed by atoms with Crippen molar-refractivity contribution >= 4 is 11.8 Å². The second-order valence-electron chi connectivity index (χ2n) is 10.6. The first kappa shape index (κ1) is 23.0. The molecule has 10 heteroatoms. The maximum atomic E-state index is 13.0. The van der Waals surface area contributed by atoms with Crippen molar-refractivity contribution < 1.29 is 14.0 Å². The first-order chi connectivity index (χ1) is 16.3. The van der Waals surface area contributed by atoms with Crippen LogP contribution >= 0.6 is 0 Å². The van der Waals surface area contributed by atoms with Crippen molar-refractivity contribution in [3.63, 3.8) is 0 Å². The van der Waals surface area contributed by atoms with Crippen LogP contribution < -0.4 is 0 Å². The molecular weight excluding hydrogens is 434 g/mol. The Bertz CT molecular complexity index is 1030. The van der Waals surface area contributed by atoms with E-state index in [9.17, 15) is 9.59 Å². The van der Waals surface area contributed by atoms with E-state index in [1.54, 1.807) is 17.1 Å². The van der Waals surface area contributed by atoms with E-state index < -0.39 is 0 Å². The molecule has 34 heavy (non-hydrogen) atoms. The highest BCUT2D eigenvalue weighted by molar-refractivity contribution is 5.92. The van der Waals surface area contributed by atoms with Gasteiger partial charge in [0, 0.05) is 51.9 Å². The van der Waals surface area contributed by atoms with E-state index >= 15 is 0 Å². The van der Waals surface area contributed by atoms with Gasteiger partial charge in [-0.2, -0.15) is 0 Å². The highest BCUT2D eigenvalue weighted by Crippen LogP contribution is 2.49. The predicted molar refractivity (Wildman–Crippen MR) is 124 cm³/mol. The molecule has 2 amide bonds. The minimum absolute atomic E-state index is 0.00968. The summed E-state index contributed by atoms with van der Waals surface area (Å²) in [5.74, 6) is 1.59. The Morgan fingerprint density at radius 1 is 1.12 bits per heavy atom. The second kappa shape index (κ2) is 9.13. The van der Waals surface area contributed by atoms with Gasteiger partial charge < -0.3 is 18.8 Å². The van der Waals surface area contributed by atoms with Gasteiger partial charge >= 0.3 is 0 Å². The minimum Gasteiger partial charge on any atom is -0.423 e. The number of aryl methyl sites for hydroxylation is 1. The van der Waals surface area contributed by atoms with Crippen LogP contribution in [0.25, 0.3) is 0 Å². The summed E-state index contributed by atoms with van der Waals surface area (Å²) in [5.41, 5.74) is 0.524. The second-order valence-corrected chi connectivity index (χ2v) is 10.6. The fourth-order valence-corrected chi connectivity index (χ4v) is 5.64. The molecule has 0 bridgehead atoms. The number of likely N-dealkylation sites (tertiary alicyclic amines) is 3. The zero-order chi connectivity index (χ0) is 23.9. The molecule has 3 saturated heterocycles. The number of hydrogen-bond acceptors (Lipinski definition) is 7. The van der Waals surface area contributed by atoms with Gasteiger partial charge in [-0.05, 0) is 37.5 Å². The van der Waals surface area contributed by atoms with E-state index in [1.165, 1.54) is 0 Å². The summed E-state index contributed by atoms with van der Waals surface area (Å²) in [4.78, 5) is 36.3. The number of hydrogen-bond donors (Lipinski definition) is 0. The van der Waals surface area contributed by atoms with Crippen molar-refractivity contribution in [2.45, 2.75) is 57.9 Å². The number of nitrogens with zero attached hydrogens (tertiary/aromatic N) is 7. The van der Waals surface area contributed by atoms with Crippen molar-refractivity contribution in [2.75, 3.05) is 39.3 Å². The molecule has 1 spiro atoms. The van der Waals surface area contributed by atoms with E-state index in [2.05, 4.69) is 20.1 Å². The standard InChI is InChI=1S/C24H35N7O3/c1-17(2)21-26-27-22(34-21)19-12-24(15-31(19)14-20(32)29-8-4-5-9-29)6-10-30(11-7-24)23(33)18-13-28(3)16-25-18/h13,16-17,19H,4-12,14-15H2,1-3H3. The molecule has 0 N–H and O–H groups in total. The number of imidazole rings is 1. The molecule has 5 heterocycles. The zero-order valence-corrected chi connectivity index (χ0v) is 20.4. The topological polar surface area (TPSA) is 101 Å². The maximum absolute atomic E-state index is 13.0. The van der Waals surface area contributed by atoms with Gasteiger partial charge in [-0.25, -0.2) is 4.98 Å². The quantitative estimate of drug-likeness (QED) is 0.662. The Balaban J connectivity index is 1.31. The molecular formula is C24H35N7O3. The maximum Gasteiger partial charge on any atom is 0.274 e. The molecule has 184 valence electrons. The van der Waals surface area contributed by atoms with Gasteiger partial charge in [0.2, 0.25) is 17.7 Å². The molecule has 3 fully saturated rings. The van der Waals surface area contributed by atoms with Crippen molar-refractivity contribution in [2.24, 2.45) is 12.5 Å². The Labute approximate surface area is 200 Å². The van der Waals surface area contributed by atoms with Crippen molar-refractivity contribution in [3.05, 3.63) is 30.0 Å². The lowest BCUT2D eigenvalue weighted by Gasteiger charge is -2.39. The summed E-state index contributed by atoms with van der Waals surface area (Å²) in [7, 11) is 1.87. The van der Waals surface area contributed by atoms with E-state index in [4.69, 9.17) is 4.42 Å². The fourth-order valence-electron chi connectivity index (χ4n) is 5.64. The van der Waals surface area contributed by atoms with E-state index in [-0.39, 0.29) is 29.2 Å². The van der Waals surface area contributed by atoms with Gasteiger partial charge in [0.1, 0.15) is 5.69 Å². The third kappa shape index (κ3) is 4.47. The molecule has 1 atom stereocenters. The average Bonchev–Trinajstić information content (AvgIpc) is 3.61. The largest absolute Gasteiger partial charge is 0.423 e. The van der Waals surface area contributed by atoms with Crippen LogP contribution in [0.5, 0.6) is 0 Å². The average molecular weight is 470 g/mol. The molecule has 1 unspecified atom stereocenters. The van der Waals surface area contributed by atoms with Crippen LogP contribution in [0.2, 0.25) is 0 Å². The molecule has 10 nitrogen and oxygen atoms in total. The monoisotopic (exact) mass is 469 g/mol. The smallest absolute Gasteiger partial charge is 0.274 e. The van der Waals surface area contributed by atoms with Crippen molar-refractivity contribution in [1.29, 1.82) is 0 Å². The molecule has 5 rings (SSSR count). The van der Waals surface area contributed by atoms with Gasteiger partial charge in [0.05, 0.1) is 18.9 Å². The lowest BCUT2D eigenvalue weighted by molar-refractivity contribution is -0.131. The SMILES string of the molecule is CC(C)c1nnc(C2CC3(CCN(C(=O)c4cn(C)cn4)CC3)CN2CC(=O)N2CCCC2)o1. The van der Waals surface area contributed by atoms with Gasteiger partial charge in [-0.1, -0.05) is 13.8 Å². The summed E-state index contributed by atoms with van der Waals surface area (Å²) in [6.07, 6.45) is 8.24. The predicted octanol–water partition coefficient (Wildman–Crippen LogP) is 2.22. The molecule has 0 aromatic carbocycles. The molecule has 0 radical (unpaired) electrons. The number of carbonyl (C=O) groups is 2. The summed E-state index contributed by atoms with van der Waals surface area (Å²) >= 11 is 0. The highest BCUT2D eigenvalue weighted by atomic mass is 16.4. The zero-order valence-electron chi connectivity index (χ0n) is 20.4. The molecule has 3 aliphatic heterocycles. The van der Waals surface area contributed by atoms with Crippen molar-refractivity contribution in [1.82, 2.24) is 34.4 Å². The third-order valence-corrected chi connectivity index (χ3v) is 7.67. The normalized spacial score (nSPS) is 22.9. The van der Waals surface area contributed by atoms with E-state index in [0.29, 0.717) is 37.1 Å². The van der Waals surface area contributed by atoms with Crippen LogP contribution in [0.4, 0.5) is 0 Å². The molecule has 0 aliphatic carbocycles. The summed E-state index contributed by atoms with van der Waals surface area (Å²) in [6.45, 7) is 8.35. The molecule has 3 aliphatic rings. The first-order valence-electron chi connectivity index (χ1n) is 12.5. The van der Waals surface area contributed by atoms with Crippen LogP contribution in [-0.2, 0) is 11.8 Å². The Kier molecular flexibility index (Phi) is 6.18. The van der Waals surface area contributed by atoms with Gasteiger partial charge in [0.25, 0.3) is 5.91 Å². The molecule has 2 aromatic heterocycles. The number of carbonyl (C=O) groups excluding carboxylic acids is 2. The number of aromatic nitrogens is 4. The number of amides is 2. The Morgan fingerprint density at radius 2 is 1.85 bits per heavy atom. The minimum atomic E-state index is -0.0652. The number of piperidine rings is 1. The Morgan fingerprint density at radius 3 is 2.47 bits per heavy atom. The van der Waals surface area contributed by atoms with Gasteiger partial charge in [0.15, 0.2) is 0 Å². The molecule has 2 aromatic rings. The number of rotatable bonds is 5. The highest BCUT2D eigenvalue weighted by Gasteiger charge is 2.49. The first-order valence-corrected chi connectivity index (χ1v) is 12.5. The Hall–Kier alpha value is -2.75. The van der Waals surface area contributed by atoms with Crippen LogP contribution in [0.1, 0.15) is 80.2 Å². The summed E-state index contributed by atoms with van der Waals surface area (Å²) < 4.78 is 7.85. The van der Waals surface area contributed by atoms with Crippen LogP contribution in [0.3, 0.4) is 0 Å². The van der Waals surface area contributed by atoms with Crippen LogP contribution in [-0.4, -0.2) is 85.5 Å². The van der Waals surface area contributed by atoms with Crippen LogP contribution in [0, 0.1) is 5.41 Å². The fraction of sp³-hybridized carbons (Fsp3) is 0.708. The lowest BCUT2D eigenvalue weighted by atomic mass is 9.76.